The molecule has 1 amide bonds. The van der Waals surface area contributed by atoms with Crippen LogP contribution < -0.4 is 14.4 Å². The predicted molar refractivity (Wildman–Crippen MR) is 117 cm³/mol. The number of fused-ring (bicyclic) bond motifs is 2. The van der Waals surface area contributed by atoms with E-state index in [1.807, 2.05) is 29.2 Å². The van der Waals surface area contributed by atoms with Gasteiger partial charge in [0.15, 0.2) is 11.5 Å². The Morgan fingerprint density at radius 3 is 2.37 bits per heavy atom. The Kier molecular flexibility index (Phi) is 4.14. The molecule has 4 heteroatoms. The molecule has 30 heavy (non-hydrogen) atoms. The van der Waals surface area contributed by atoms with E-state index in [0.29, 0.717) is 17.1 Å². The van der Waals surface area contributed by atoms with Crippen molar-refractivity contribution in [2.45, 2.75) is 38.1 Å². The molecule has 0 fully saturated rings. The highest BCUT2D eigenvalue weighted by Crippen LogP contribution is 2.50. The van der Waals surface area contributed by atoms with E-state index in [1.54, 1.807) is 6.07 Å². The zero-order chi connectivity index (χ0) is 20.9. The van der Waals surface area contributed by atoms with E-state index in [1.165, 1.54) is 11.1 Å². The van der Waals surface area contributed by atoms with Crippen molar-refractivity contribution in [3.63, 3.8) is 0 Å². The van der Waals surface area contributed by atoms with Crippen LogP contribution in [0.3, 0.4) is 0 Å². The second-order valence-electron chi connectivity index (χ2n) is 8.91. The van der Waals surface area contributed by atoms with Crippen molar-refractivity contribution in [3.8, 4) is 11.5 Å². The molecule has 2 heterocycles. The number of carbonyl (C=O) groups is 1. The first-order valence-corrected chi connectivity index (χ1v) is 10.3. The van der Waals surface area contributed by atoms with Gasteiger partial charge in [0, 0.05) is 22.2 Å². The molecule has 0 spiro atoms. The molecular weight excluding hydrogens is 374 g/mol. The molecule has 4 nitrogen and oxygen atoms in total. The Hall–Kier alpha value is -3.27. The monoisotopic (exact) mass is 399 g/mol. The van der Waals surface area contributed by atoms with Crippen LogP contribution in [0.2, 0.25) is 0 Å². The summed E-state index contributed by atoms with van der Waals surface area (Å²) in [6, 6.07) is 24.3. The molecule has 1 atom stereocenters. The third-order valence-electron chi connectivity index (χ3n) is 6.36. The van der Waals surface area contributed by atoms with Gasteiger partial charge in [-0.25, -0.2) is 0 Å². The lowest BCUT2D eigenvalue weighted by Gasteiger charge is -2.51. The van der Waals surface area contributed by atoms with Crippen molar-refractivity contribution in [2.75, 3.05) is 11.7 Å². The van der Waals surface area contributed by atoms with E-state index < -0.39 is 0 Å². The summed E-state index contributed by atoms with van der Waals surface area (Å²) >= 11 is 0. The van der Waals surface area contributed by atoms with Gasteiger partial charge in [-0.15, -0.1) is 0 Å². The van der Waals surface area contributed by atoms with Crippen molar-refractivity contribution in [1.82, 2.24) is 0 Å². The zero-order valence-electron chi connectivity index (χ0n) is 17.5. The van der Waals surface area contributed by atoms with E-state index in [2.05, 4.69) is 63.2 Å². The lowest BCUT2D eigenvalue weighted by Crippen LogP contribution is -2.55. The Morgan fingerprint density at radius 1 is 0.867 bits per heavy atom. The third kappa shape index (κ3) is 2.78. The van der Waals surface area contributed by atoms with Gasteiger partial charge >= 0.3 is 0 Å². The molecule has 0 saturated heterocycles. The van der Waals surface area contributed by atoms with Crippen molar-refractivity contribution in [3.05, 3.63) is 89.5 Å². The summed E-state index contributed by atoms with van der Waals surface area (Å²) in [6.07, 6.45) is 0.817. The molecule has 1 unspecified atom stereocenters. The molecule has 0 saturated carbocycles. The molecule has 0 aromatic heterocycles. The number of para-hydroxylation sites is 1. The van der Waals surface area contributed by atoms with E-state index in [4.69, 9.17) is 9.47 Å². The van der Waals surface area contributed by atoms with Gasteiger partial charge in [-0.2, -0.15) is 0 Å². The van der Waals surface area contributed by atoms with Crippen LogP contribution in [-0.4, -0.2) is 18.2 Å². The smallest absolute Gasteiger partial charge is 0.258 e. The predicted octanol–water partition coefficient (Wildman–Crippen LogP) is 5.55. The Bertz CT molecular complexity index is 1120. The zero-order valence-corrected chi connectivity index (χ0v) is 17.5. The van der Waals surface area contributed by atoms with Gasteiger partial charge in [0.1, 0.15) is 0 Å². The summed E-state index contributed by atoms with van der Waals surface area (Å²) in [5.74, 6) is 1.28. The van der Waals surface area contributed by atoms with Crippen LogP contribution in [-0.2, 0) is 5.41 Å². The van der Waals surface area contributed by atoms with Crippen LogP contribution in [0.1, 0.15) is 48.7 Å². The lowest BCUT2D eigenvalue weighted by atomic mass is 9.65. The number of hydrogen-bond acceptors (Lipinski definition) is 3. The number of nitrogens with zero attached hydrogens (tertiary/aromatic N) is 1. The summed E-state index contributed by atoms with van der Waals surface area (Å²) in [4.78, 5) is 15.7. The number of amides is 1. The first kappa shape index (κ1) is 18.7. The van der Waals surface area contributed by atoms with Gasteiger partial charge in [-0.3, -0.25) is 4.79 Å². The van der Waals surface area contributed by atoms with Crippen LogP contribution in [0.25, 0.3) is 0 Å². The molecule has 0 aliphatic carbocycles. The molecule has 3 aromatic rings. The van der Waals surface area contributed by atoms with Crippen LogP contribution in [0.5, 0.6) is 11.5 Å². The van der Waals surface area contributed by atoms with Gasteiger partial charge in [-0.1, -0.05) is 55.5 Å². The Morgan fingerprint density at radius 2 is 1.57 bits per heavy atom. The standard InChI is InChI=1S/C26H25NO3/c1-25(2)16-26(3,19-9-5-4-6-10-19)20-11-7-8-12-21(20)27(25)24(28)18-13-14-22-23(15-18)30-17-29-22/h4-15H,16-17H2,1-3H3. The summed E-state index contributed by atoms with van der Waals surface area (Å²) in [6.45, 7) is 6.77. The second kappa shape index (κ2) is 6.63. The minimum Gasteiger partial charge on any atom is -0.454 e. The average Bonchev–Trinajstić information content (AvgIpc) is 3.21. The molecule has 2 aliphatic heterocycles. The molecule has 152 valence electrons. The third-order valence-corrected chi connectivity index (χ3v) is 6.36. The van der Waals surface area contributed by atoms with Gasteiger partial charge in [0.05, 0.1) is 0 Å². The van der Waals surface area contributed by atoms with E-state index in [0.717, 1.165) is 12.1 Å². The lowest BCUT2D eigenvalue weighted by molar-refractivity contribution is 0.0948. The quantitative estimate of drug-likeness (QED) is 0.567. The summed E-state index contributed by atoms with van der Waals surface area (Å²) in [7, 11) is 0. The van der Waals surface area contributed by atoms with Crippen LogP contribution in [0, 0.1) is 0 Å². The Balaban J connectivity index is 1.64. The van der Waals surface area contributed by atoms with Gasteiger partial charge in [0.2, 0.25) is 6.79 Å². The van der Waals surface area contributed by atoms with Crippen LogP contribution >= 0.6 is 0 Å². The van der Waals surface area contributed by atoms with E-state index in [9.17, 15) is 4.79 Å². The largest absolute Gasteiger partial charge is 0.454 e. The maximum absolute atomic E-state index is 13.8. The summed E-state index contributed by atoms with van der Waals surface area (Å²) in [5, 5.41) is 0. The number of benzene rings is 3. The molecule has 3 aromatic carbocycles. The average molecular weight is 399 g/mol. The fourth-order valence-corrected chi connectivity index (χ4v) is 5.11. The molecule has 0 bridgehead atoms. The van der Waals surface area contributed by atoms with Crippen LogP contribution in [0.4, 0.5) is 5.69 Å². The van der Waals surface area contributed by atoms with Crippen LogP contribution in [0.15, 0.2) is 72.8 Å². The Labute approximate surface area is 177 Å². The first-order valence-electron chi connectivity index (χ1n) is 10.3. The fourth-order valence-electron chi connectivity index (χ4n) is 5.11. The maximum atomic E-state index is 13.8. The normalized spacial score (nSPS) is 21.2. The molecule has 5 rings (SSSR count). The highest BCUT2D eigenvalue weighted by atomic mass is 16.7. The highest BCUT2D eigenvalue weighted by molar-refractivity contribution is 6.08. The van der Waals surface area contributed by atoms with Gasteiger partial charge in [0.25, 0.3) is 5.91 Å². The van der Waals surface area contributed by atoms with E-state index in [-0.39, 0.29) is 23.7 Å². The number of ether oxygens (including phenoxy) is 2. The fraction of sp³-hybridized carbons (Fsp3) is 0.269. The number of anilines is 1. The van der Waals surface area contributed by atoms with Gasteiger partial charge in [-0.05, 0) is 55.7 Å². The maximum Gasteiger partial charge on any atom is 0.258 e. The van der Waals surface area contributed by atoms with Crippen molar-refractivity contribution in [1.29, 1.82) is 0 Å². The highest BCUT2D eigenvalue weighted by Gasteiger charge is 2.47. The van der Waals surface area contributed by atoms with Gasteiger partial charge < -0.3 is 14.4 Å². The minimum atomic E-state index is -0.383. The first-order chi connectivity index (χ1) is 14.4. The molecule has 0 N–H and O–H groups in total. The number of rotatable bonds is 2. The van der Waals surface area contributed by atoms with Crippen molar-refractivity contribution < 1.29 is 14.3 Å². The molecule has 2 aliphatic rings. The van der Waals surface area contributed by atoms with Crippen molar-refractivity contribution >= 4 is 11.6 Å². The number of hydrogen-bond donors (Lipinski definition) is 0. The molecular formula is C26H25NO3. The second-order valence-corrected chi connectivity index (χ2v) is 8.91. The topological polar surface area (TPSA) is 38.8 Å². The summed E-state index contributed by atoms with van der Waals surface area (Å²) in [5.41, 5.74) is 3.43. The number of carbonyl (C=O) groups excluding carboxylic acids is 1. The van der Waals surface area contributed by atoms with Crippen molar-refractivity contribution in [2.24, 2.45) is 0 Å². The van der Waals surface area contributed by atoms with E-state index >= 15 is 0 Å². The summed E-state index contributed by atoms with van der Waals surface area (Å²) < 4.78 is 10.9. The minimum absolute atomic E-state index is 0.0270. The SMILES string of the molecule is CC1(c2ccccc2)CC(C)(C)N(C(=O)c2ccc3c(c2)OCO3)c2ccccc21. The molecule has 0 radical (unpaired) electrons.